The van der Waals surface area contributed by atoms with Gasteiger partial charge in [0.05, 0.1) is 33.9 Å². The second-order valence-electron chi connectivity index (χ2n) is 10.6. The highest BCUT2D eigenvalue weighted by atomic mass is 127. The summed E-state index contributed by atoms with van der Waals surface area (Å²) in [5.41, 5.74) is -11.9. The largest absolute Gasteiger partial charge is 0.336 e. The molecule has 0 atom stereocenters. The first-order valence-corrected chi connectivity index (χ1v) is 18.4. The van der Waals surface area contributed by atoms with Gasteiger partial charge in [0.15, 0.2) is 46.5 Å². The molecule has 0 aliphatic heterocycles. The smallest absolute Gasteiger partial charge is 0.172 e. The quantitative estimate of drug-likeness (QED) is 0.0639. The third kappa shape index (κ3) is 7.13. The van der Waals surface area contributed by atoms with E-state index in [1.54, 1.807) is 4.90 Å². The summed E-state index contributed by atoms with van der Waals surface area (Å²) in [6, 6.07) is 0. The van der Waals surface area contributed by atoms with E-state index in [0.717, 1.165) is 0 Å². The Morgan fingerprint density at radius 2 is 0.442 bits per heavy atom. The second-order valence-corrected chi connectivity index (χ2v) is 14.9. The van der Waals surface area contributed by atoms with Crippen molar-refractivity contribution in [1.82, 2.24) is 0 Å². The fraction of sp³-hybridized carbons (Fsp3) is 0.200. The molecular formula is C30H16BF16I4N. The Hall–Kier alpha value is -1.30. The summed E-state index contributed by atoms with van der Waals surface area (Å²) in [5, 5.41) is 0. The number of halogens is 20. The van der Waals surface area contributed by atoms with Crippen LogP contribution in [0.1, 0.15) is 20.8 Å². The third-order valence-corrected chi connectivity index (χ3v) is 12.0. The number of rotatable bonds is 7. The number of hydrogen-bond donors (Lipinski definition) is 1. The van der Waals surface area contributed by atoms with Gasteiger partial charge in [0.1, 0.15) is 52.7 Å². The highest BCUT2D eigenvalue weighted by Crippen LogP contribution is 2.32. The van der Waals surface area contributed by atoms with Crippen LogP contribution in [0.2, 0.25) is 0 Å². The van der Waals surface area contributed by atoms with Crippen LogP contribution in [0, 0.1) is 107 Å². The minimum Gasteiger partial charge on any atom is -0.336 e. The first kappa shape index (κ1) is 45.1. The lowest BCUT2D eigenvalue weighted by Gasteiger charge is -2.45. The van der Waals surface area contributed by atoms with E-state index in [0.29, 0.717) is 90.4 Å². The molecule has 1 N–H and O–H groups in total. The molecule has 0 saturated carbocycles. The Morgan fingerprint density at radius 3 is 0.538 bits per heavy atom. The molecule has 284 valence electrons. The van der Waals surface area contributed by atoms with Crippen molar-refractivity contribution in [2.45, 2.75) is 20.8 Å². The summed E-state index contributed by atoms with van der Waals surface area (Å²) >= 11 is 2.25. The van der Waals surface area contributed by atoms with Gasteiger partial charge in [0.25, 0.3) is 0 Å². The van der Waals surface area contributed by atoms with E-state index >= 15 is 35.1 Å². The molecule has 0 aliphatic carbocycles. The molecule has 0 saturated heterocycles. The van der Waals surface area contributed by atoms with Gasteiger partial charge in [0.2, 0.25) is 0 Å². The topological polar surface area (TPSA) is 4.44 Å². The summed E-state index contributed by atoms with van der Waals surface area (Å²) in [5.74, 6) is -45.9. The van der Waals surface area contributed by atoms with Crippen molar-refractivity contribution < 1.29 is 75.1 Å². The molecule has 4 aromatic carbocycles. The van der Waals surface area contributed by atoms with E-state index in [1.165, 1.54) is 19.6 Å². The van der Waals surface area contributed by atoms with Crippen molar-refractivity contribution >= 4 is 118 Å². The fourth-order valence-corrected chi connectivity index (χ4v) is 7.52. The Bertz CT molecular complexity index is 1690. The average Bonchev–Trinajstić information content (AvgIpc) is 3.12. The zero-order valence-electron chi connectivity index (χ0n) is 25.8. The van der Waals surface area contributed by atoms with Gasteiger partial charge in [-0.3, -0.25) is 0 Å². The van der Waals surface area contributed by atoms with Gasteiger partial charge in [-0.05, 0) is 111 Å². The normalized spacial score (nSPS) is 11.8. The summed E-state index contributed by atoms with van der Waals surface area (Å²) in [6.07, 6.45) is -6.56. The lowest BCUT2D eigenvalue weighted by Crippen LogP contribution is -3.11. The highest BCUT2D eigenvalue weighted by molar-refractivity contribution is 14.1. The molecule has 0 unspecified atom stereocenters. The van der Waals surface area contributed by atoms with Crippen molar-refractivity contribution in [3.05, 3.63) is 107 Å². The summed E-state index contributed by atoms with van der Waals surface area (Å²) in [6.45, 7) is 10.5. The summed E-state index contributed by atoms with van der Waals surface area (Å²) in [4.78, 5) is 1.68. The molecule has 0 radical (unpaired) electrons. The Kier molecular flexibility index (Phi) is 14.9. The second kappa shape index (κ2) is 17.2. The van der Waals surface area contributed by atoms with Crippen molar-refractivity contribution in [2.24, 2.45) is 0 Å². The van der Waals surface area contributed by atoms with Gasteiger partial charge in [-0.25, -0.2) is 70.2 Å². The van der Waals surface area contributed by atoms with Crippen molar-refractivity contribution in [3.63, 3.8) is 0 Å². The Labute approximate surface area is 338 Å². The average molecular weight is 1210 g/mol. The van der Waals surface area contributed by atoms with E-state index in [2.05, 4.69) is 20.8 Å². The SMILES string of the molecule is CC[NH+](CC)CC.Fc1c(F)c([B-](c2c(F)c(F)c(I)c(F)c2F)(c2c(F)c(F)c(I)c(F)c2F)c2c(F)c(F)c(I)c(F)c2F)c(F)c(F)c1I. The summed E-state index contributed by atoms with van der Waals surface area (Å²) < 4.78 is 240. The maximum atomic E-state index is 15.8. The van der Waals surface area contributed by atoms with Crippen LogP contribution in [-0.4, -0.2) is 25.8 Å². The molecule has 52 heavy (non-hydrogen) atoms. The Morgan fingerprint density at radius 1 is 0.308 bits per heavy atom. The summed E-state index contributed by atoms with van der Waals surface area (Å²) in [7, 11) is 0. The molecule has 4 rings (SSSR count). The predicted molar refractivity (Wildman–Crippen MR) is 193 cm³/mol. The first-order valence-electron chi connectivity index (χ1n) is 14.1. The fourth-order valence-electron chi connectivity index (χ4n) is 5.62. The van der Waals surface area contributed by atoms with Crippen molar-refractivity contribution in [2.75, 3.05) is 19.6 Å². The van der Waals surface area contributed by atoms with Crippen LogP contribution in [-0.2, 0) is 0 Å². The van der Waals surface area contributed by atoms with Crippen LogP contribution < -0.4 is 26.8 Å². The molecule has 0 heterocycles. The molecule has 0 aliphatic rings. The molecule has 0 fully saturated rings. The molecule has 0 spiro atoms. The highest BCUT2D eigenvalue weighted by Gasteiger charge is 2.51. The third-order valence-electron chi connectivity index (χ3n) is 8.21. The van der Waals surface area contributed by atoms with E-state index in [4.69, 9.17) is 0 Å². The Balaban J connectivity index is 0.000000944. The van der Waals surface area contributed by atoms with Gasteiger partial charge in [0, 0.05) is 0 Å². The molecule has 0 aromatic heterocycles. The van der Waals surface area contributed by atoms with Crippen LogP contribution in [0.3, 0.4) is 0 Å². The standard InChI is InChI=1S/C24BF16I4.C6H15N/c26-5-1(6(27)14(35)21(42)13(5)34)25(2-7(28)15(36)22(43)16(37)8(2)29,3-9(30)17(38)23(44)18(39)10(3)31)4-11(32)19(40)24(45)20(41)12(4)33;1-4-7(5-2)6-3/h;4-6H2,1-3H3/q-1;/p+1. The van der Waals surface area contributed by atoms with Crippen LogP contribution in [0.4, 0.5) is 70.2 Å². The van der Waals surface area contributed by atoms with Crippen LogP contribution in [0.25, 0.3) is 0 Å². The van der Waals surface area contributed by atoms with Crippen LogP contribution >= 0.6 is 90.4 Å². The van der Waals surface area contributed by atoms with Crippen molar-refractivity contribution in [3.8, 4) is 0 Å². The molecular weight excluding hydrogens is 1200 g/mol. The van der Waals surface area contributed by atoms with E-state index in [-0.39, 0.29) is 0 Å². The lowest BCUT2D eigenvalue weighted by atomic mass is 9.12. The van der Waals surface area contributed by atoms with E-state index < -0.39 is 135 Å². The number of nitrogens with one attached hydrogen (secondary N) is 1. The van der Waals surface area contributed by atoms with Gasteiger partial charge in [-0.1, -0.05) is 0 Å². The first-order chi connectivity index (χ1) is 24.0. The monoisotopic (exact) mass is 1210 g/mol. The van der Waals surface area contributed by atoms with Gasteiger partial charge >= 0.3 is 0 Å². The zero-order valence-corrected chi connectivity index (χ0v) is 34.4. The van der Waals surface area contributed by atoms with Crippen LogP contribution in [0.5, 0.6) is 0 Å². The zero-order chi connectivity index (χ0) is 40.1. The maximum Gasteiger partial charge on any atom is 0.172 e. The minimum atomic E-state index is -6.56. The maximum absolute atomic E-state index is 15.8. The van der Waals surface area contributed by atoms with Gasteiger partial charge in [-0.2, -0.15) is 0 Å². The minimum absolute atomic E-state index is 0.564. The van der Waals surface area contributed by atoms with Crippen LogP contribution in [0.15, 0.2) is 0 Å². The number of benzene rings is 4. The predicted octanol–water partition coefficient (Wildman–Crippen LogP) is 7.64. The lowest BCUT2D eigenvalue weighted by molar-refractivity contribution is -0.894. The van der Waals surface area contributed by atoms with E-state index in [1.807, 2.05) is 0 Å². The van der Waals surface area contributed by atoms with Gasteiger partial charge in [-0.15, -0.1) is 21.9 Å². The molecule has 22 heteroatoms. The molecule has 1 nitrogen and oxygen atoms in total. The van der Waals surface area contributed by atoms with Crippen molar-refractivity contribution in [1.29, 1.82) is 0 Å². The van der Waals surface area contributed by atoms with E-state index in [9.17, 15) is 35.1 Å². The van der Waals surface area contributed by atoms with Gasteiger partial charge < -0.3 is 4.90 Å². The molecule has 0 bridgehead atoms. The molecule has 0 amide bonds. The number of quaternary nitrogens is 1. The molecule has 4 aromatic rings. The number of hydrogen-bond acceptors (Lipinski definition) is 0.